The first-order chi connectivity index (χ1) is 9.93. The zero-order valence-electron chi connectivity index (χ0n) is 11.3. The summed E-state index contributed by atoms with van der Waals surface area (Å²) >= 11 is 0. The Labute approximate surface area is 119 Å². The van der Waals surface area contributed by atoms with Crippen LogP contribution in [-0.4, -0.2) is 58.0 Å². The molecule has 0 aromatic carbocycles. The molecule has 114 valence electrons. The Balaban J connectivity index is 2.37. The van der Waals surface area contributed by atoms with E-state index in [-0.39, 0.29) is 12.6 Å². The summed E-state index contributed by atoms with van der Waals surface area (Å²) < 4.78 is 5.39. The molecule has 0 bridgehead atoms. The molecule has 0 radical (unpaired) electrons. The summed E-state index contributed by atoms with van der Waals surface area (Å²) in [6.45, 7) is 2.38. The number of morpholine rings is 1. The number of ether oxygens (including phenoxy) is 1. The number of pyridine rings is 1. The van der Waals surface area contributed by atoms with E-state index in [1.54, 1.807) is 4.90 Å². The van der Waals surface area contributed by atoms with Gasteiger partial charge in [-0.2, -0.15) is 0 Å². The molecule has 2 atom stereocenters. The number of carbonyl (C=O) groups is 1. The number of nitro groups is 1. The fourth-order valence-corrected chi connectivity index (χ4v) is 2.16. The molecule has 1 aliphatic heterocycles. The molecule has 2 heterocycles. The molecular formula is C12H15N3O6. The summed E-state index contributed by atoms with van der Waals surface area (Å²) in [6.07, 6.45) is 0.543. The molecule has 1 fully saturated rings. The SMILES string of the molecule is CC1COC(CO)CN1c1cc(C(=O)O)c([N+](=O)[O-])cn1. The van der Waals surface area contributed by atoms with Crippen molar-refractivity contribution in [2.45, 2.75) is 19.1 Å². The lowest BCUT2D eigenvalue weighted by molar-refractivity contribution is -0.385. The molecule has 2 N–H and O–H groups in total. The largest absolute Gasteiger partial charge is 0.477 e. The van der Waals surface area contributed by atoms with Gasteiger partial charge in [-0.25, -0.2) is 9.78 Å². The molecule has 2 rings (SSSR count). The predicted molar refractivity (Wildman–Crippen MR) is 71.5 cm³/mol. The summed E-state index contributed by atoms with van der Waals surface area (Å²) in [5, 5.41) is 29.0. The van der Waals surface area contributed by atoms with Crippen LogP contribution in [0.4, 0.5) is 11.5 Å². The van der Waals surface area contributed by atoms with Crippen LogP contribution in [0.5, 0.6) is 0 Å². The van der Waals surface area contributed by atoms with Crippen molar-refractivity contribution in [3.8, 4) is 0 Å². The van der Waals surface area contributed by atoms with E-state index in [9.17, 15) is 14.9 Å². The van der Waals surface area contributed by atoms with Gasteiger partial charge in [0.1, 0.15) is 17.6 Å². The minimum atomic E-state index is -1.38. The number of aromatic nitrogens is 1. The maximum absolute atomic E-state index is 11.1. The Bertz CT molecular complexity index is 564. The molecular weight excluding hydrogens is 282 g/mol. The normalized spacial score (nSPS) is 22.1. The molecule has 1 aliphatic rings. The second-order valence-corrected chi connectivity index (χ2v) is 4.76. The summed E-state index contributed by atoms with van der Waals surface area (Å²) in [7, 11) is 0. The number of hydrogen-bond donors (Lipinski definition) is 2. The van der Waals surface area contributed by atoms with Crippen LogP contribution in [0.25, 0.3) is 0 Å². The van der Waals surface area contributed by atoms with Gasteiger partial charge in [0.25, 0.3) is 0 Å². The lowest BCUT2D eigenvalue weighted by atomic mass is 10.1. The molecule has 1 saturated heterocycles. The van der Waals surface area contributed by atoms with Gasteiger partial charge >= 0.3 is 11.7 Å². The smallest absolute Gasteiger partial charge is 0.342 e. The summed E-state index contributed by atoms with van der Waals surface area (Å²) in [5.41, 5.74) is -0.963. The molecule has 0 aliphatic carbocycles. The van der Waals surface area contributed by atoms with Gasteiger partial charge in [-0.3, -0.25) is 10.1 Å². The van der Waals surface area contributed by atoms with Gasteiger partial charge in [-0.1, -0.05) is 0 Å². The number of carboxylic acid groups (broad SMARTS) is 1. The lowest BCUT2D eigenvalue weighted by Gasteiger charge is -2.38. The van der Waals surface area contributed by atoms with Crippen LogP contribution in [0.15, 0.2) is 12.3 Å². The van der Waals surface area contributed by atoms with Gasteiger partial charge in [0.2, 0.25) is 0 Å². The standard InChI is InChI=1S/C12H15N3O6/c1-7-6-21-8(5-16)4-14(7)11-2-9(12(17)18)10(3-13-11)15(19)20/h2-3,7-8,16H,4-6H2,1H3,(H,17,18). The number of aliphatic hydroxyl groups is 1. The van der Waals surface area contributed by atoms with E-state index in [0.717, 1.165) is 6.20 Å². The summed E-state index contributed by atoms with van der Waals surface area (Å²) in [6, 6.07) is 1.10. The molecule has 1 aromatic rings. The van der Waals surface area contributed by atoms with E-state index >= 15 is 0 Å². The van der Waals surface area contributed by atoms with Crippen LogP contribution in [0.3, 0.4) is 0 Å². The number of nitrogens with zero attached hydrogens (tertiary/aromatic N) is 3. The number of rotatable bonds is 4. The van der Waals surface area contributed by atoms with Gasteiger partial charge in [-0.15, -0.1) is 0 Å². The van der Waals surface area contributed by atoms with Crippen LogP contribution in [0.2, 0.25) is 0 Å². The van der Waals surface area contributed by atoms with Gasteiger partial charge < -0.3 is 19.8 Å². The van der Waals surface area contributed by atoms with Gasteiger partial charge in [-0.05, 0) is 6.92 Å². The van der Waals surface area contributed by atoms with E-state index in [2.05, 4.69) is 4.98 Å². The van der Waals surface area contributed by atoms with Crippen molar-refractivity contribution in [3.63, 3.8) is 0 Å². The fraction of sp³-hybridized carbons (Fsp3) is 0.500. The van der Waals surface area contributed by atoms with E-state index < -0.39 is 28.2 Å². The highest BCUT2D eigenvalue weighted by Crippen LogP contribution is 2.25. The Morgan fingerprint density at radius 2 is 2.38 bits per heavy atom. The molecule has 0 saturated carbocycles. The fourth-order valence-electron chi connectivity index (χ4n) is 2.16. The van der Waals surface area contributed by atoms with Crippen LogP contribution in [0.1, 0.15) is 17.3 Å². The Kier molecular flexibility index (Phi) is 4.34. The van der Waals surface area contributed by atoms with Gasteiger partial charge in [0.05, 0.1) is 30.3 Å². The quantitative estimate of drug-likeness (QED) is 0.599. The molecule has 0 spiro atoms. The van der Waals surface area contributed by atoms with Gasteiger partial charge in [0.15, 0.2) is 0 Å². The molecule has 9 nitrogen and oxygen atoms in total. The van der Waals surface area contributed by atoms with Crippen LogP contribution >= 0.6 is 0 Å². The zero-order chi connectivity index (χ0) is 15.6. The highest BCUT2D eigenvalue weighted by atomic mass is 16.6. The summed E-state index contributed by atoms with van der Waals surface area (Å²) in [4.78, 5) is 26.9. The van der Waals surface area contributed by atoms with Crippen molar-refractivity contribution in [1.29, 1.82) is 0 Å². The van der Waals surface area contributed by atoms with E-state index in [1.807, 2.05) is 6.92 Å². The third kappa shape index (κ3) is 3.09. The maximum Gasteiger partial charge on any atom is 0.342 e. The maximum atomic E-state index is 11.1. The molecule has 9 heteroatoms. The first-order valence-electron chi connectivity index (χ1n) is 6.31. The second-order valence-electron chi connectivity index (χ2n) is 4.76. The van der Waals surface area contributed by atoms with Gasteiger partial charge in [0, 0.05) is 12.6 Å². The van der Waals surface area contributed by atoms with Crippen molar-refractivity contribution in [1.82, 2.24) is 4.98 Å². The van der Waals surface area contributed by atoms with Crippen molar-refractivity contribution >= 4 is 17.5 Å². The average Bonchev–Trinajstić information content (AvgIpc) is 2.47. The number of aliphatic hydroxyl groups excluding tert-OH is 1. The second kappa shape index (κ2) is 6.02. The molecule has 21 heavy (non-hydrogen) atoms. The zero-order valence-corrected chi connectivity index (χ0v) is 11.3. The highest BCUT2D eigenvalue weighted by molar-refractivity contribution is 5.93. The van der Waals surface area contributed by atoms with Crippen LogP contribution < -0.4 is 4.90 Å². The average molecular weight is 297 g/mol. The Hall–Kier alpha value is -2.26. The summed E-state index contributed by atoms with van der Waals surface area (Å²) in [5.74, 6) is -1.07. The monoisotopic (exact) mass is 297 g/mol. The number of aromatic carboxylic acids is 1. The number of anilines is 1. The lowest BCUT2D eigenvalue weighted by Crippen LogP contribution is -2.50. The third-order valence-electron chi connectivity index (χ3n) is 3.30. The van der Waals surface area contributed by atoms with E-state index in [4.69, 9.17) is 14.9 Å². The predicted octanol–water partition coefficient (Wildman–Crippen LogP) is 0.274. The van der Waals surface area contributed by atoms with Crippen molar-refractivity contribution < 1.29 is 24.7 Å². The van der Waals surface area contributed by atoms with Crippen molar-refractivity contribution in [3.05, 3.63) is 27.9 Å². The number of hydrogen-bond acceptors (Lipinski definition) is 7. The minimum Gasteiger partial charge on any atom is -0.477 e. The van der Waals surface area contributed by atoms with Crippen LogP contribution in [-0.2, 0) is 4.74 Å². The minimum absolute atomic E-state index is 0.0802. The Morgan fingerprint density at radius 1 is 1.67 bits per heavy atom. The Morgan fingerprint density at radius 3 is 2.95 bits per heavy atom. The highest BCUT2D eigenvalue weighted by Gasteiger charge is 2.29. The van der Waals surface area contributed by atoms with E-state index in [1.165, 1.54) is 6.07 Å². The van der Waals surface area contributed by atoms with Crippen molar-refractivity contribution in [2.24, 2.45) is 0 Å². The topological polar surface area (TPSA) is 126 Å². The first-order valence-corrected chi connectivity index (χ1v) is 6.31. The first kappa shape index (κ1) is 15.1. The van der Waals surface area contributed by atoms with Crippen molar-refractivity contribution in [2.75, 3.05) is 24.7 Å². The van der Waals surface area contributed by atoms with E-state index in [0.29, 0.717) is 19.0 Å². The molecule has 1 aromatic heterocycles. The third-order valence-corrected chi connectivity index (χ3v) is 3.30. The van der Waals surface area contributed by atoms with Crippen LogP contribution in [0, 0.1) is 10.1 Å². The number of carboxylic acids is 1. The molecule has 2 unspecified atom stereocenters. The molecule has 0 amide bonds.